The predicted molar refractivity (Wildman–Crippen MR) is 71.7 cm³/mol. The fourth-order valence-electron chi connectivity index (χ4n) is 1.32. The van der Waals surface area contributed by atoms with E-state index in [4.69, 9.17) is 22.1 Å². The molecule has 1 amide bonds. The van der Waals surface area contributed by atoms with Crippen molar-refractivity contribution in [2.45, 2.75) is 19.8 Å². The van der Waals surface area contributed by atoms with Crippen molar-refractivity contribution >= 4 is 23.2 Å². The van der Waals surface area contributed by atoms with Gasteiger partial charge in [0.15, 0.2) is 0 Å². The number of nitrogens with one attached hydrogen (secondary N) is 1. The zero-order valence-electron chi connectivity index (χ0n) is 10.4. The minimum absolute atomic E-state index is 0.244. The first-order valence-corrected chi connectivity index (χ1v) is 6.30. The van der Waals surface area contributed by atoms with Crippen LogP contribution in [-0.4, -0.2) is 30.6 Å². The van der Waals surface area contributed by atoms with Gasteiger partial charge in [-0.3, -0.25) is 4.79 Å². The number of ether oxygens (including phenoxy) is 1. The molecule has 0 unspecified atom stereocenters. The second-order valence-electron chi connectivity index (χ2n) is 3.82. The van der Waals surface area contributed by atoms with Crippen LogP contribution < -0.4 is 11.1 Å². The SMILES string of the molecule is CCCCOCCNC(=O)c1cc(Cl)ncc1N. The lowest BCUT2D eigenvalue weighted by atomic mass is 10.2. The number of nitrogens with zero attached hydrogens (tertiary/aromatic N) is 1. The van der Waals surface area contributed by atoms with Gasteiger partial charge in [-0.1, -0.05) is 24.9 Å². The van der Waals surface area contributed by atoms with E-state index in [1.807, 2.05) is 0 Å². The average Bonchev–Trinajstić information content (AvgIpc) is 2.36. The molecular weight excluding hydrogens is 254 g/mol. The number of rotatable bonds is 7. The Hall–Kier alpha value is -1.33. The van der Waals surface area contributed by atoms with Crippen molar-refractivity contribution in [3.63, 3.8) is 0 Å². The lowest BCUT2D eigenvalue weighted by Gasteiger charge is -2.08. The van der Waals surface area contributed by atoms with Crippen LogP contribution >= 0.6 is 11.6 Å². The fourth-order valence-corrected chi connectivity index (χ4v) is 1.48. The second-order valence-corrected chi connectivity index (χ2v) is 4.20. The lowest BCUT2D eigenvalue weighted by Crippen LogP contribution is -2.28. The molecule has 0 bridgehead atoms. The second kappa shape index (κ2) is 7.89. The Labute approximate surface area is 112 Å². The minimum Gasteiger partial charge on any atom is -0.397 e. The average molecular weight is 272 g/mol. The van der Waals surface area contributed by atoms with Gasteiger partial charge in [0.2, 0.25) is 0 Å². The van der Waals surface area contributed by atoms with E-state index < -0.39 is 0 Å². The normalized spacial score (nSPS) is 10.3. The van der Waals surface area contributed by atoms with Crippen molar-refractivity contribution < 1.29 is 9.53 Å². The molecule has 0 saturated carbocycles. The summed E-state index contributed by atoms with van der Waals surface area (Å²) in [5, 5.41) is 2.96. The summed E-state index contributed by atoms with van der Waals surface area (Å²) in [5.41, 5.74) is 6.29. The van der Waals surface area contributed by atoms with Crippen LogP contribution in [0.1, 0.15) is 30.1 Å². The number of unbranched alkanes of at least 4 members (excludes halogenated alkanes) is 1. The van der Waals surface area contributed by atoms with Gasteiger partial charge in [0.25, 0.3) is 5.91 Å². The Morgan fingerprint density at radius 2 is 2.33 bits per heavy atom. The highest BCUT2D eigenvalue weighted by molar-refractivity contribution is 6.29. The predicted octanol–water partition coefficient (Wildman–Crippen LogP) is 1.86. The summed E-state index contributed by atoms with van der Waals surface area (Å²) in [6, 6.07) is 1.45. The number of carbonyl (C=O) groups is 1. The Balaban J connectivity index is 2.34. The molecule has 0 spiro atoms. The summed E-state index contributed by atoms with van der Waals surface area (Å²) >= 11 is 5.71. The Kier molecular flexibility index (Phi) is 6.46. The topological polar surface area (TPSA) is 77.2 Å². The van der Waals surface area contributed by atoms with Gasteiger partial charge in [-0.2, -0.15) is 0 Å². The summed E-state index contributed by atoms with van der Waals surface area (Å²) in [6.45, 7) is 3.75. The number of hydrogen-bond donors (Lipinski definition) is 2. The Morgan fingerprint density at radius 1 is 1.56 bits per heavy atom. The molecule has 0 aromatic carbocycles. The molecule has 0 saturated heterocycles. The quantitative estimate of drug-likeness (QED) is 0.586. The number of nitrogens with two attached hydrogens (primary N) is 1. The van der Waals surface area contributed by atoms with Gasteiger partial charge in [-0.25, -0.2) is 4.98 Å². The molecule has 0 fully saturated rings. The molecule has 0 aliphatic heterocycles. The third-order valence-electron chi connectivity index (χ3n) is 2.32. The standard InChI is InChI=1S/C12H18ClN3O2/c1-2-3-5-18-6-4-15-12(17)9-7-11(13)16-8-10(9)14/h7-8H,2-6,14H2,1H3,(H,15,17). The smallest absolute Gasteiger partial charge is 0.253 e. The molecule has 0 radical (unpaired) electrons. The van der Waals surface area contributed by atoms with Gasteiger partial charge >= 0.3 is 0 Å². The van der Waals surface area contributed by atoms with Crippen molar-refractivity contribution in [2.24, 2.45) is 0 Å². The molecule has 1 aromatic rings. The fraction of sp³-hybridized carbons (Fsp3) is 0.500. The van der Waals surface area contributed by atoms with E-state index in [1.54, 1.807) is 0 Å². The number of anilines is 1. The summed E-state index contributed by atoms with van der Waals surface area (Å²) in [6.07, 6.45) is 3.49. The zero-order chi connectivity index (χ0) is 13.4. The molecule has 100 valence electrons. The van der Waals surface area contributed by atoms with Crippen molar-refractivity contribution in [1.82, 2.24) is 10.3 Å². The Morgan fingerprint density at radius 3 is 3.06 bits per heavy atom. The van der Waals surface area contributed by atoms with E-state index in [1.165, 1.54) is 12.3 Å². The maximum atomic E-state index is 11.8. The first-order chi connectivity index (χ1) is 8.65. The van der Waals surface area contributed by atoms with Gasteiger partial charge in [0.05, 0.1) is 24.1 Å². The van der Waals surface area contributed by atoms with Crippen LogP contribution in [0.25, 0.3) is 0 Å². The number of amides is 1. The van der Waals surface area contributed by atoms with Crippen LogP contribution in [0, 0.1) is 0 Å². The third-order valence-corrected chi connectivity index (χ3v) is 2.53. The molecule has 6 heteroatoms. The summed E-state index contributed by atoms with van der Waals surface area (Å²) in [4.78, 5) is 15.6. The number of aromatic nitrogens is 1. The van der Waals surface area contributed by atoms with Crippen molar-refractivity contribution in [1.29, 1.82) is 0 Å². The van der Waals surface area contributed by atoms with Crippen LogP contribution in [0.3, 0.4) is 0 Å². The maximum Gasteiger partial charge on any atom is 0.253 e. The number of pyridine rings is 1. The first kappa shape index (κ1) is 14.7. The third kappa shape index (κ3) is 4.89. The van der Waals surface area contributed by atoms with Crippen molar-refractivity contribution in [3.05, 3.63) is 23.0 Å². The molecular formula is C12H18ClN3O2. The van der Waals surface area contributed by atoms with E-state index in [9.17, 15) is 4.79 Å². The number of hydrogen-bond acceptors (Lipinski definition) is 4. The molecule has 0 aliphatic rings. The highest BCUT2D eigenvalue weighted by atomic mass is 35.5. The van der Waals surface area contributed by atoms with Crippen LogP contribution in [0.2, 0.25) is 5.15 Å². The van der Waals surface area contributed by atoms with Crippen LogP contribution in [-0.2, 0) is 4.74 Å². The zero-order valence-corrected chi connectivity index (χ0v) is 11.2. The molecule has 3 N–H and O–H groups in total. The van der Waals surface area contributed by atoms with Gasteiger partial charge in [-0.05, 0) is 12.5 Å². The number of halogens is 1. The summed E-state index contributed by atoms with van der Waals surface area (Å²) in [5.74, 6) is -0.268. The molecule has 1 aromatic heterocycles. The van der Waals surface area contributed by atoms with Gasteiger partial charge in [-0.15, -0.1) is 0 Å². The van der Waals surface area contributed by atoms with Crippen LogP contribution in [0.4, 0.5) is 5.69 Å². The summed E-state index contributed by atoms with van der Waals surface area (Å²) in [7, 11) is 0. The Bertz CT molecular complexity index is 399. The maximum absolute atomic E-state index is 11.8. The monoisotopic (exact) mass is 271 g/mol. The summed E-state index contributed by atoms with van der Waals surface area (Å²) < 4.78 is 5.33. The molecule has 5 nitrogen and oxygen atoms in total. The first-order valence-electron chi connectivity index (χ1n) is 5.92. The van der Waals surface area contributed by atoms with Gasteiger partial charge in [0.1, 0.15) is 5.15 Å². The highest BCUT2D eigenvalue weighted by Crippen LogP contribution is 2.14. The largest absolute Gasteiger partial charge is 0.397 e. The van der Waals surface area contributed by atoms with E-state index in [2.05, 4.69) is 17.2 Å². The molecule has 18 heavy (non-hydrogen) atoms. The highest BCUT2D eigenvalue weighted by Gasteiger charge is 2.10. The van der Waals surface area contributed by atoms with Gasteiger partial charge < -0.3 is 15.8 Å². The van der Waals surface area contributed by atoms with Crippen molar-refractivity contribution in [3.8, 4) is 0 Å². The molecule has 0 atom stereocenters. The van der Waals surface area contributed by atoms with Crippen LogP contribution in [0.15, 0.2) is 12.3 Å². The van der Waals surface area contributed by atoms with Gasteiger partial charge in [0, 0.05) is 13.2 Å². The molecule has 1 rings (SSSR count). The van der Waals surface area contributed by atoms with E-state index in [0.717, 1.165) is 19.4 Å². The lowest BCUT2D eigenvalue weighted by molar-refractivity contribution is 0.0913. The van der Waals surface area contributed by atoms with Crippen molar-refractivity contribution in [2.75, 3.05) is 25.5 Å². The van der Waals surface area contributed by atoms with E-state index in [-0.39, 0.29) is 11.1 Å². The molecule has 1 heterocycles. The van der Waals surface area contributed by atoms with Crippen LogP contribution in [0.5, 0.6) is 0 Å². The number of carbonyl (C=O) groups excluding carboxylic acids is 1. The minimum atomic E-state index is -0.268. The van der Waals surface area contributed by atoms with E-state index >= 15 is 0 Å². The molecule has 0 aliphatic carbocycles. The van der Waals surface area contributed by atoms with E-state index in [0.29, 0.717) is 24.4 Å². The number of nitrogen functional groups attached to an aromatic ring is 1.